The Balaban J connectivity index is 2.91. The molecular weight excluding hydrogens is 216 g/mol. The number of aromatic nitrogens is 2. The summed E-state index contributed by atoms with van der Waals surface area (Å²) < 4.78 is 26.7. The molecule has 7 heteroatoms. The molecule has 0 aliphatic heterocycles. The number of rotatable bonds is 1. The van der Waals surface area contributed by atoms with Crippen LogP contribution in [0, 0.1) is 0 Å². The van der Waals surface area contributed by atoms with E-state index in [1.54, 1.807) is 0 Å². The van der Waals surface area contributed by atoms with Gasteiger partial charge in [-0.25, -0.2) is 13.4 Å². The summed E-state index contributed by atoms with van der Waals surface area (Å²) in [5.41, 5.74) is 0.342. The predicted molar refractivity (Wildman–Crippen MR) is 44.8 cm³/mol. The van der Waals surface area contributed by atoms with Crippen molar-refractivity contribution in [1.82, 2.24) is 10.1 Å². The molecule has 0 unspecified atom stereocenters. The van der Waals surface area contributed by atoms with Gasteiger partial charge in [-0.3, -0.25) is 0 Å². The van der Waals surface area contributed by atoms with E-state index >= 15 is 0 Å². The van der Waals surface area contributed by atoms with Crippen LogP contribution >= 0.6 is 10.7 Å². The van der Waals surface area contributed by atoms with E-state index in [1.165, 1.54) is 18.5 Å². The Kier molecular flexibility index (Phi) is 1.74. The van der Waals surface area contributed by atoms with E-state index in [0.717, 1.165) is 0 Å². The highest BCUT2D eigenvalue weighted by Crippen LogP contribution is 2.22. The minimum atomic E-state index is -3.84. The average molecular weight is 219 g/mol. The lowest BCUT2D eigenvalue weighted by Gasteiger charge is -1.93. The van der Waals surface area contributed by atoms with Crippen molar-refractivity contribution < 1.29 is 12.9 Å². The van der Waals surface area contributed by atoms with Crippen LogP contribution in [0.4, 0.5) is 0 Å². The third kappa shape index (κ3) is 1.38. The zero-order valence-electron chi connectivity index (χ0n) is 6.14. The lowest BCUT2D eigenvalue weighted by molar-refractivity contribution is 0.456. The zero-order chi connectivity index (χ0) is 9.47. The van der Waals surface area contributed by atoms with Gasteiger partial charge in [-0.1, -0.05) is 5.16 Å². The van der Waals surface area contributed by atoms with Crippen molar-refractivity contribution in [3.05, 3.63) is 18.5 Å². The first kappa shape index (κ1) is 8.46. The summed E-state index contributed by atoms with van der Waals surface area (Å²) in [4.78, 5) is 3.63. The predicted octanol–water partition coefficient (Wildman–Crippen LogP) is 1.15. The molecule has 0 saturated heterocycles. The number of halogens is 1. The van der Waals surface area contributed by atoms with Gasteiger partial charge in [0.2, 0.25) is 0 Å². The van der Waals surface area contributed by atoms with Crippen molar-refractivity contribution >= 4 is 30.7 Å². The minimum absolute atomic E-state index is 0.229. The fraction of sp³-hybridized carbons (Fsp3) is 0. The van der Waals surface area contributed by atoms with Gasteiger partial charge in [-0.05, 0) is 0 Å². The van der Waals surface area contributed by atoms with Gasteiger partial charge in [-0.2, -0.15) is 0 Å². The summed E-state index contributed by atoms with van der Waals surface area (Å²) >= 11 is 0. The monoisotopic (exact) mass is 218 g/mol. The second-order valence-electron chi connectivity index (χ2n) is 2.29. The standard InChI is InChI=1S/C6H3ClN2O3S/c7-13(10,11)6-4-3-9-12-5(4)1-2-8-6/h1-3H. The Morgan fingerprint density at radius 3 is 2.92 bits per heavy atom. The van der Waals surface area contributed by atoms with Crippen LogP contribution in [0.15, 0.2) is 28.0 Å². The Morgan fingerprint density at radius 2 is 2.23 bits per heavy atom. The average Bonchev–Trinajstić information content (AvgIpc) is 2.48. The summed E-state index contributed by atoms with van der Waals surface area (Å²) in [5.74, 6) is 0. The Bertz CT molecular complexity index is 548. The van der Waals surface area contributed by atoms with Crippen molar-refractivity contribution in [3.63, 3.8) is 0 Å². The molecule has 0 aliphatic rings. The van der Waals surface area contributed by atoms with E-state index in [9.17, 15) is 8.42 Å². The molecule has 0 bridgehead atoms. The van der Waals surface area contributed by atoms with Gasteiger partial charge in [-0.15, -0.1) is 0 Å². The lowest BCUT2D eigenvalue weighted by Crippen LogP contribution is -1.94. The second-order valence-corrected chi connectivity index (χ2v) is 4.77. The summed E-state index contributed by atoms with van der Waals surface area (Å²) in [5, 5.41) is 3.50. The fourth-order valence-corrected chi connectivity index (χ4v) is 1.94. The topological polar surface area (TPSA) is 73.1 Å². The minimum Gasteiger partial charge on any atom is -0.356 e. The van der Waals surface area contributed by atoms with Crippen LogP contribution in [0.1, 0.15) is 0 Å². The Morgan fingerprint density at radius 1 is 1.46 bits per heavy atom. The van der Waals surface area contributed by atoms with Crippen LogP contribution in [-0.2, 0) is 9.05 Å². The highest BCUT2D eigenvalue weighted by Gasteiger charge is 2.17. The third-order valence-corrected chi connectivity index (χ3v) is 2.70. The third-order valence-electron chi connectivity index (χ3n) is 1.48. The lowest BCUT2D eigenvalue weighted by atomic mass is 10.4. The summed E-state index contributed by atoms with van der Waals surface area (Å²) in [6, 6.07) is 1.51. The maximum atomic E-state index is 11.0. The number of fused-ring (bicyclic) bond motifs is 1. The van der Waals surface area contributed by atoms with Crippen LogP contribution in [0.3, 0.4) is 0 Å². The normalized spacial score (nSPS) is 12.1. The molecule has 0 radical (unpaired) electrons. The van der Waals surface area contributed by atoms with E-state index in [1.807, 2.05) is 0 Å². The SMILES string of the molecule is O=S(=O)(Cl)c1nccc2oncc12. The second kappa shape index (κ2) is 2.68. The summed E-state index contributed by atoms with van der Waals surface area (Å²) in [6.07, 6.45) is 2.56. The Labute approximate surface area is 77.7 Å². The number of hydrogen-bond donors (Lipinski definition) is 0. The first-order chi connectivity index (χ1) is 6.09. The Hall–Kier alpha value is -1.14. The van der Waals surface area contributed by atoms with E-state index in [-0.39, 0.29) is 10.4 Å². The van der Waals surface area contributed by atoms with E-state index in [4.69, 9.17) is 15.2 Å². The molecule has 13 heavy (non-hydrogen) atoms. The molecule has 2 aromatic heterocycles. The van der Waals surface area contributed by atoms with Crippen LogP contribution in [0.25, 0.3) is 11.0 Å². The maximum Gasteiger partial charge on any atom is 0.279 e. The van der Waals surface area contributed by atoms with Crippen molar-refractivity contribution in [2.75, 3.05) is 0 Å². The zero-order valence-corrected chi connectivity index (χ0v) is 7.71. The van der Waals surface area contributed by atoms with E-state index < -0.39 is 9.05 Å². The molecule has 0 aliphatic carbocycles. The molecule has 2 rings (SSSR count). The molecule has 0 saturated carbocycles. The van der Waals surface area contributed by atoms with Crippen LogP contribution in [-0.4, -0.2) is 18.6 Å². The number of hydrogen-bond acceptors (Lipinski definition) is 5. The summed E-state index contributed by atoms with van der Waals surface area (Å²) in [6.45, 7) is 0. The number of nitrogens with zero attached hydrogens (tertiary/aromatic N) is 2. The quantitative estimate of drug-likeness (QED) is 0.672. The largest absolute Gasteiger partial charge is 0.356 e. The molecular formula is C6H3ClN2O3S. The molecule has 0 aromatic carbocycles. The molecule has 0 amide bonds. The van der Waals surface area contributed by atoms with Crippen LogP contribution in [0.2, 0.25) is 0 Å². The van der Waals surface area contributed by atoms with Gasteiger partial charge >= 0.3 is 0 Å². The molecule has 68 valence electrons. The van der Waals surface area contributed by atoms with Crippen molar-refractivity contribution in [2.24, 2.45) is 0 Å². The molecule has 0 atom stereocenters. The molecule has 0 spiro atoms. The first-order valence-electron chi connectivity index (χ1n) is 3.23. The smallest absolute Gasteiger partial charge is 0.279 e. The number of pyridine rings is 1. The van der Waals surface area contributed by atoms with Gasteiger partial charge in [0.05, 0.1) is 11.6 Å². The molecule has 0 N–H and O–H groups in total. The molecule has 2 aromatic rings. The summed E-state index contributed by atoms with van der Waals surface area (Å²) in [7, 11) is 1.30. The highest BCUT2D eigenvalue weighted by molar-refractivity contribution is 8.13. The van der Waals surface area contributed by atoms with Gasteiger partial charge in [0, 0.05) is 22.9 Å². The van der Waals surface area contributed by atoms with Crippen molar-refractivity contribution in [2.45, 2.75) is 5.03 Å². The maximum absolute atomic E-state index is 11.0. The van der Waals surface area contributed by atoms with Gasteiger partial charge < -0.3 is 4.52 Å². The van der Waals surface area contributed by atoms with Gasteiger partial charge in [0.15, 0.2) is 10.6 Å². The first-order valence-corrected chi connectivity index (χ1v) is 5.54. The highest BCUT2D eigenvalue weighted by atomic mass is 35.7. The van der Waals surface area contributed by atoms with E-state index in [0.29, 0.717) is 5.58 Å². The van der Waals surface area contributed by atoms with Gasteiger partial charge in [0.1, 0.15) is 0 Å². The van der Waals surface area contributed by atoms with Crippen LogP contribution < -0.4 is 0 Å². The van der Waals surface area contributed by atoms with Crippen molar-refractivity contribution in [1.29, 1.82) is 0 Å². The molecule has 2 heterocycles. The molecule has 5 nitrogen and oxygen atoms in total. The van der Waals surface area contributed by atoms with Gasteiger partial charge in [0.25, 0.3) is 9.05 Å². The van der Waals surface area contributed by atoms with E-state index in [2.05, 4.69) is 10.1 Å². The van der Waals surface area contributed by atoms with Crippen LogP contribution in [0.5, 0.6) is 0 Å². The molecule has 0 fully saturated rings. The fourth-order valence-electron chi connectivity index (χ4n) is 0.966. The van der Waals surface area contributed by atoms with Crippen molar-refractivity contribution in [3.8, 4) is 0 Å².